The van der Waals surface area contributed by atoms with Crippen LogP contribution >= 0.6 is 0 Å². The van der Waals surface area contributed by atoms with Crippen LogP contribution in [0.25, 0.3) is 0 Å². The number of hydrogen-bond acceptors (Lipinski definition) is 10. The van der Waals surface area contributed by atoms with Crippen molar-refractivity contribution in [3.05, 3.63) is 0 Å². The van der Waals surface area contributed by atoms with Gasteiger partial charge < -0.3 is 33.9 Å². The standard InChI is InChI=1S/C22H32N4O7/c1-21(2)32-19-18-16(30-20(28)31-18)12-29-22(19,33-21)13-25-8-5-14(6-9-25)24-11-17(27)26-7-3-4-15(26)10-23/h14-16,18-19,24H,3-9,11-13H2,1-2H3/t15-,16+,18+,19-,22-/m0/s1. The fraction of sp³-hybridized carbons (Fsp3) is 0.864. The molecule has 1 N–H and O–H groups in total. The van der Waals surface area contributed by atoms with E-state index in [1.165, 1.54) is 0 Å². The molecule has 0 bridgehead atoms. The van der Waals surface area contributed by atoms with Gasteiger partial charge in [-0.05, 0) is 52.6 Å². The highest BCUT2D eigenvalue weighted by atomic mass is 16.9. The number of rotatable bonds is 5. The lowest BCUT2D eigenvalue weighted by Gasteiger charge is -2.44. The number of fused-ring (bicyclic) bond motifs is 3. The molecule has 5 saturated heterocycles. The molecule has 0 radical (unpaired) electrons. The van der Waals surface area contributed by atoms with Gasteiger partial charge in [0.15, 0.2) is 24.1 Å². The van der Waals surface area contributed by atoms with Crippen LogP contribution in [0.15, 0.2) is 0 Å². The molecular weight excluding hydrogens is 432 g/mol. The molecule has 0 aromatic heterocycles. The maximum atomic E-state index is 12.5. The summed E-state index contributed by atoms with van der Waals surface area (Å²) >= 11 is 0. The van der Waals surface area contributed by atoms with Crippen molar-refractivity contribution in [1.82, 2.24) is 15.1 Å². The summed E-state index contributed by atoms with van der Waals surface area (Å²) in [5.41, 5.74) is 0. The Hall–Kier alpha value is -1.97. The lowest BCUT2D eigenvalue weighted by molar-refractivity contribution is -0.287. The molecule has 0 saturated carbocycles. The fourth-order valence-electron chi connectivity index (χ4n) is 5.64. The van der Waals surface area contributed by atoms with Gasteiger partial charge in [-0.2, -0.15) is 5.26 Å². The molecular formula is C22H32N4O7. The van der Waals surface area contributed by atoms with Crippen LogP contribution in [-0.4, -0.2) is 103 Å². The van der Waals surface area contributed by atoms with Crippen molar-refractivity contribution in [3.8, 4) is 6.07 Å². The van der Waals surface area contributed by atoms with Crippen molar-refractivity contribution < 1.29 is 33.3 Å². The highest BCUT2D eigenvalue weighted by molar-refractivity contribution is 5.79. The van der Waals surface area contributed by atoms with E-state index in [-0.39, 0.29) is 31.1 Å². The monoisotopic (exact) mass is 464 g/mol. The van der Waals surface area contributed by atoms with Crippen LogP contribution in [0.3, 0.4) is 0 Å². The average Bonchev–Trinajstić information content (AvgIpc) is 3.47. The molecule has 0 aromatic carbocycles. The summed E-state index contributed by atoms with van der Waals surface area (Å²) in [6, 6.07) is 2.17. The number of likely N-dealkylation sites (tertiary alicyclic amines) is 2. The fourth-order valence-corrected chi connectivity index (χ4v) is 5.64. The molecule has 0 aromatic rings. The van der Waals surface area contributed by atoms with Crippen LogP contribution < -0.4 is 5.32 Å². The predicted molar refractivity (Wildman–Crippen MR) is 112 cm³/mol. The molecule has 0 aliphatic carbocycles. The third kappa shape index (κ3) is 4.42. The van der Waals surface area contributed by atoms with Crippen LogP contribution in [0.2, 0.25) is 0 Å². The largest absolute Gasteiger partial charge is 0.509 e. The normalized spacial score (nSPS) is 38.3. The Balaban J connectivity index is 1.14. The highest BCUT2D eigenvalue weighted by Crippen LogP contribution is 2.45. The smallest absolute Gasteiger partial charge is 0.424 e. The van der Waals surface area contributed by atoms with E-state index in [1.54, 1.807) is 4.90 Å². The molecule has 0 spiro atoms. The summed E-state index contributed by atoms with van der Waals surface area (Å²) < 4.78 is 29.1. The summed E-state index contributed by atoms with van der Waals surface area (Å²) in [6.45, 7) is 6.89. The molecule has 5 rings (SSSR count). The minimum Gasteiger partial charge on any atom is -0.424 e. The van der Waals surface area contributed by atoms with E-state index in [9.17, 15) is 14.9 Å². The molecule has 5 aliphatic heterocycles. The Morgan fingerprint density at radius 1 is 1.21 bits per heavy atom. The molecule has 11 nitrogen and oxygen atoms in total. The lowest BCUT2D eigenvalue weighted by Crippen LogP contribution is -2.63. The van der Waals surface area contributed by atoms with Gasteiger partial charge in [0.05, 0.1) is 25.8 Å². The van der Waals surface area contributed by atoms with Crippen molar-refractivity contribution in [2.75, 3.05) is 39.3 Å². The second-order valence-electron chi connectivity index (χ2n) is 9.96. The van der Waals surface area contributed by atoms with Gasteiger partial charge in [-0.15, -0.1) is 0 Å². The number of carbonyl (C=O) groups excluding carboxylic acids is 2. The molecule has 5 atom stereocenters. The first-order chi connectivity index (χ1) is 15.8. The quantitative estimate of drug-likeness (QED) is 0.570. The molecule has 0 unspecified atom stereocenters. The van der Waals surface area contributed by atoms with Gasteiger partial charge >= 0.3 is 6.16 Å². The van der Waals surface area contributed by atoms with Crippen molar-refractivity contribution in [3.63, 3.8) is 0 Å². The Bertz CT molecular complexity index is 824. The summed E-state index contributed by atoms with van der Waals surface area (Å²) in [6.07, 6.45) is 1.10. The van der Waals surface area contributed by atoms with Crippen molar-refractivity contribution >= 4 is 12.1 Å². The number of piperidine rings is 1. The van der Waals surface area contributed by atoms with Gasteiger partial charge in [-0.1, -0.05) is 0 Å². The first-order valence-corrected chi connectivity index (χ1v) is 11.8. The zero-order valence-electron chi connectivity index (χ0n) is 19.2. The number of amides is 1. The van der Waals surface area contributed by atoms with Crippen LogP contribution in [0.1, 0.15) is 39.5 Å². The number of ether oxygens (including phenoxy) is 5. The first-order valence-electron chi connectivity index (χ1n) is 11.8. The van der Waals surface area contributed by atoms with Gasteiger partial charge in [0.1, 0.15) is 6.04 Å². The molecule has 1 amide bonds. The summed E-state index contributed by atoms with van der Waals surface area (Å²) in [4.78, 5) is 28.1. The topological polar surface area (TPSA) is 123 Å². The predicted octanol–water partition coefficient (Wildman–Crippen LogP) is 0.337. The van der Waals surface area contributed by atoms with Crippen LogP contribution in [0, 0.1) is 11.3 Å². The van der Waals surface area contributed by atoms with E-state index in [2.05, 4.69) is 16.3 Å². The van der Waals surface area contributed by atoms with Gasteiger partial charge in [0.2, 0.25) is 11.7 Å². The van der Waals surface area contributed by atoms with Crippen LogP contribution in [-0.2, 0) is 28.5 Å². The number of hydrogen-bond donors (Lipinski definition) is 1. The number of nitrogens with one attached hydrogen (secondary N) is 1. The first kappa shape index (κ1) is 22.8. The minimum atomic E-state index is -1.03. The van der Waals surface area contributed by atoms with Gasteiger partial charge in [0, 0.05) is 12.6 Å². The van der Waals surface area contributed by atoms with Crippen LogP contribution in [0.4, 0.5) is 4.79 Å². The molecule has 11 heteroatoms. The number of nitrogens with zero attached hydrogens (tertiary/aromatic N) is 3. The van der Waals surface area contributed by atoms with Crippen LogP contribution in [0.5, 0.6) is 0 Å². The maximum Gasteiger partial charge on any atom is 0.509 e. The number of nitriles is 1. The molecule has 182 valence electrons. The second-order valence-corrected chi connectivity index (χ2v) is 9.96. The SMILES string of the molecule is CC1(C)O[C@H]2[C@@H]3OC(=O)O[C@@H]3CO[C@@]2(CN2CCC(NCC(=O)N3CCC[C@H]3C#N)CC2)O1. The molecule has 33 heavy (non-hydrogen) atoms. The van der Waals surface area contributed by atoms with Gasteiger partial charge in [0.25, 0.3) is 0 Å². The Morgan fingerprint density at radius 3 is 2.76 bits per heavy atom. The van der Waals surface area contributed by atoms with E-state index in [1.807, 2.05) is 13.8 Å². The molecule has 5 aliphatic rings. The Labute approximate surface area is 193 Å². The minimum absolute atomic E-state index is 0.000403. The Kier molecular flexibility index (Phi) is 5.99. The summed E-state index contributed by atoms with van der Waals surface area (Å²) in [5, 5.41) is 12.6. The third-order valence-electron chi connectivity index (χ3n) is 7.20. The van der Waals surface area contributed by atoms with Gasteiger partial charge in [-0.25, -0.2) is 4.79 Å². The zero-order chi connectivity index (χ0) is 23.2. The second kappa shape index (κ2) is 8.67. The molecule has 5 fully saturated rings. The Morgan fingerprint density at radius 2 is 2.00 bits per heavy atom. The van der Waals surface area contributed by atoms with E-state index in [0.717, 1.165) is 38.8 Å². The summed E-state index contributed by atoms with van der Waals surface area (Å²) in [7, 11) is 0. The maximum absolute atomic E-state index is 12.5. The van der Waals surface area contributed by atoms with Crippen molar-refractivity contribution in [1.29, 1.82) is 5.26 Å². The molecule has 5 heterocycles. The van der Waals surface area contributed by atoms with E-state index in [4.69, 9.17) is 23.7 Å². The zero-order valence-corrected chi connectivity index (χ0v) is 19.2. The van der Waals surface area contributed by atoms with E-state index in [0.29, 0.717) is 13.1 Å². The summed E-state index contributed by atoms with van der Waals surface area (Å²) in [5.74, 6) is -1.90. The average molecular weight is 465 g/mol. The lowest BCUT2D eigenvalue weighted by atomic mass is 9.95. The third-order valence-corrected chi connectivity index (χ3v) is 7.20. The van der Waals surface area contributed by atoms with Crippen molar-refractivity contribution in [2.45, 2.75) is 81.5 Å². The van der Waals surface area contributed by atoms with E-state index < -0.39 is 36.0 Å². The highest BCUT2D eigenvalue weighted by Gasteiger charge is 2.65. The van der Waals surface area contributed by atoms with Crippen molar-refractivity contribution in [2.24, 2.45) is 0 Å². The van der Waals surface area contributed by atoms with Gasteiger partial charge in [-0.3, -0.25) is 9.69 Å². The number of carbonyl (C=O) groups is 2. The van der Waals surface area contributed by atoms with E-state index >= 15 is 0 Å².